The number of hydrogen-bond donors (Lipinski definition) is 2. The number of benzene rings is 3. The molecule has 3 rings (SSSR count). The van der Waals surface area contributed by atoms with E-state index in [1.54, 1.807) is 0 Å². The van der Waals surface area contributed by atoms with E-state index >= 15 is 0 Å². The molecule has 0 aliphatic rings. The number of carbonyl (C=O) groups excluding carboxylic acids is 1. The van der Waals surface area contributed by atoms with Gasteiger partial charge in [-0.05, 0) is 67.6 Å². The molecule has 1 amide bonds. The molecule has 0 radical (unpaired) electrons. The van der Waals surface area contributed by atoms with Gasteiger partial charge in [0.15, 0.2) is 0 Å². The maximum absolute atomic E-state index is 12.9. The van der Waals surface area contributed by atoms with Crippen molar-refractivity contribution in [3.63, 3.8) is 0 Å². The zero-order valence-corrected chi connectivity index (χ0v) is 23.0. The molecule has 0 fully saturated rings. The summed E-state index contributed by atoms with van der Waals surface area (Å²) in [4.78, 5) is 12.6. The van der Waals surface area contributed by atoms with Crippen molar-refractivity contribution >= 4 is 54.6 Å². The summed E-state index contributed by atoms with van der Waals surface area (Å²) >= 11 is 6.12. The van der Waals surface area contributed by atoms with E-state index in [1.807, 2.05) is 0 Å². The van der Waals surface area contributed by atoms with Crippen molar-refractivity contribution < 1.29 is 39.5 Å². The van der Waals surface area contributed by atoms with Gasteiger partial charge in [0.1, 0.15) is 11.8 Å². The van der Waals surface area contributed by atoms with Crippen molar-refractivity contribution in [1.29, 1.82) is 0 Å². The summed E-state index contributed by atoms with van der Waals surface area (Å²) in [7, 11) is -6.81. The lowest BCUT2D eigenvalue weighted by Crippen LogP contribution is -2.45. The summed E-state index contributed by atoms with van der Waals surface area (Å²) in [5.74, 6) is -0.423. The molecule has 9 nitrogen and oxygen atoms in total. The molecule has 0 spiro atoms. The zero-order valence-electron chi connectivity index (χ0n) is 20.7. The number of nitrogens with one attached hydrogen (secondary N) is 2. The molecule has 0 unspecified atom stereocenters. The number of rotatable bonds is 9. The Hall–Kier alpha value is -3.49. The second kappa shape index (κ2) is 11.3. The fourth-order valence-electron chi connectivity index (χ4n) is 3.54. The maximum atomic E-state index is 12.9. The van der Waals surface area contributed by atoms with E-state index in [4.69, 9.17) is 16.3 Å². The molecule has 0 aromatic heterocycles. The second-order valence-corrected chi connectivity index (χ2v) is 12.2. The first kappa shape index (κ1) is 30.1. The first-order valence-electron chi connectivity index (χ1n) is 11.0. The van der Waals surface area contributed by atoms with Gasteiger partial charge in [0.25, 0.3) is 10.0 Å². The van der Waals surface area contributed by atoms with Crippen LogP contribution in [0.15, 0.2) is 71.6 Å². The average molecular weight is 606 g/mol. The summed E-state index contributed by atoms with van der Waals surface area (Å²) in [6.45, 7) is 1.35. The van der Waals surface area contributed by atoms with Gasteiger partial charge in [-0.15, -0.1) is 0 Å². The van der Waals surface area contributed by atoms with Crippen LogP contribution in [0, 0.1) is 0 Å². The number of nitrogens with zero attached hydrogens (tertiary/aromatic N) is 1. The van der Waals surface area contributed by atoms with Gasteiger partial charge in [0, 0.05) is 11.4 Å². The number of methoxy groups -OCH3 is 1. The Labute approximate surface area is 228 Å². The summed E-state index contributed by atoms with van der Waals surface area (Å²) < 4.78 is 97.2. The highest BCUT2D eigenvalue weighted by molar-refractivity contribution is 7.92. The minimum Gasteiger partial charge on any atom is -0.495 e. The van der Waals surface area contributed by atoms with E-state index in [1.165, 1.54) is 50.4 Å². The largest absolute Gasteiger partial charge is 0.495 e. The van der Waals surface area contributed by atoms with Crippen molar-refractivity contribution in [3.8, 4) is 5.75 Å². The predicted molar refractivity (Wildman–Crippen MR) is 142 cm³/mol. The molecule has 0 saturated heterocycles. The molecule has 3 aromatic carbocycles. The fraction of sp³-hybridized carbons (Fsp3) is 0.208. The van der Waals surface area contributed by atoms with E-state index in [0.29, 0.717) is 11.8 Å². The molecule has 39 heavy (non-hydrogen) atoms. The Balaban J connectivity index is 1.78. The third kappa shape index (κ3) is 7.34. The minimum absolute atomic E-state index is 0.119. The second-order valence-electron chi connectivity index (χ2n) is 8.25. The maximum Gasteiger partial charge on any atom is 0.416 e. The Morgan fingerprint density at radius 2 is 1.62 bits per heavy atom. The lowest BCUT2D eigenvalue weighted by Gasteiger charge is -2.28. The number of alkyl halides is 3. The van der Waals surface area contributed by atoms with Crippen LogP contribution >= 0.6 is 11.6 Å². The van der Waals surface area contributed by atoms with Crippen LogP contribution in [0.25, 0.3) is 0 Å². The summed E-state index contributed by atoms with van der Waals surface area (Å²) in [5, 5.41) is 2.64. The van der Waals surface area contributed by atoms with Crippen molar-refractivity contribution in [2.75, 3.05) is 27.7 Å². The third-order valence-corrected chi connectivity index (χ3v) is 8.29. The van der Waals surface area contributed by atoms with Gasteiger partial charge in [-0.1, -0.05) is 17.7 Å². The molecule has 1 atom stereocenters. The average Bonchev–Trinajstić information content (AvgIpc) is 2.83. The highest BCUT2D eigenvalue weighted by atomic mass is 35.5. The van der Waals surface area contributed by atoms with E-state index < -0.39 is 43.7 Å². The van der Waals surface area contributed by atoms with Crippen LogP contribution in [0.5, 0.6) is 5.75 Å². The number of amides is 1. The van der Waals surface area contributed by atoms with E-state index in [2.05, 4.69) is 10.0 Å². The van der Waals surface area contributed by atoms with Crippen LogP contribution in [-0.4, -0.2) is 42.2 Å². The quantitative estimate of drug-likeness (QED) is 0.356. The zero-order chi connectivity index (χ0) is 29.2. The molecule has 210 valence electrons. The Bertz CT molecular complexity index is 1580. The Kier molecular flexibility index (Phi) is 8.72. The number of carbonyl (C=O) groups is 1. The molecule has 2 N–H and O–H groups in total. The van der Waals surface area contributed by atoms with Gasteiger partial charge in [0.2, 0.25) is 15.9 Å². The van der Waals surface area contributed by atoms with Crippen LogP contribution < -0.4 is 19.1 Å². The summed E-state index contributed by atoms with van der Waals surface area (Å²) in [5.41, 5.74) is -1.04. The van der Waals surface area contributed by atoms with Gasteiger partial charge >= 0.3 is 6.18 Å². The normalized spacial score (nSPS) is 12.9. The van der Waals surface area contributed by atoms with Gasteiger partial charge in [-0.2, -0.15) is 13.2 Å². The van der Waals surface area contributed by atoms with Crippen LogP contribution in [0.4, 0.5) is 30.2 Å². The Morgan fingerprint density at radius 3 is 2.15 bits per heavy atom. The minimum atomic E-state index is -4.65. The van der Waals surface area contributed by atoms with Crippen LogP contribution in [0.1, 0.15) is 12.5 Å². The first-order valence-corrected chi connectivity index (χ1v) is 14.7. The van der Waals surface area contributed by atoms with Crippen molar-refractivity contribution in [1.82, 2.24) is 0 Å². The molecule has 0 aliphatic heterocycles. The van der Waals surface area contributed by atoms with Crippen molar-refractivity contribution in [2.45, 2.75) is 24.0 Å². The number of halogens is 4. The summed E-state index contributed by atoms with van der Waals surface area (Å²) in [6, 6.07) is 11.5. The molecule has 15 heteroatoms. The predicted octanol–water partition coefficient (Wildman–Crippen LogP) is 4.96. The lowest BCUT2D eigenvalue weighted by molar-refractivity contribution is -0.137. The molecule has 0 bridgehead atoms. The van der Waals surface area contributed by atoms with Gasteiger partial charge in [-0.3, -0.25) is 13.8 Å². The highest BCUT2D eigenvalue weighted by Crippen LogP contribution is 2.32. The number of ether oxygens (including phenoxy) is 1. The SMILES string of the molecule is COc1ccc(N([C@@H](C)C(=O)Nc2ccc(S(=O)(=O)Nc3cccc(C(F)(F)F)c3)cc2)S(C)(=O)=O)cc1Cl. The number of anilines is 3. The topological polar surface area (TPSA) is 122 Å². The van der Waals surface area contributed by atoms with Gasteiger partial charge in [0.05, 0.1) is 34.5 Å². The van der Waals surface area contributed by atoms with E-state index in [0.717, 1.165) is 34.8 Å². The van der Waals surface area contributed by atoms with Crippen molar-refractivity contribution in [2.24, 2.45) is 0 Å². The number of hydrogen-bond acceptors (Lipinski definition) is 6. The molecule has 0 saturated carbocycles. The smallest absolute Gasteiger partial charge is 0.416 e. The van der Waals surface area contributed by atoms with E-state index in [-0.39, 0.29) is 27.0 Å². The molecule has 3 aromatic rings. The van der Waals surface area contributed by atoms with Gasteiger partial charge in [-0.25, -0.2) is 16.8 Å². The number of sulfonamides is 2. The molecule has 0 heterocycles. The van der Waals surface area contributed by atoms with Crippen LogP contribution in [0.2, 0.25) is 5.02 Å². The fourth-order valence-corrected chi connectivity index (χ4v) is 6.01. The standard InChI is InChI=1S/C24H23ClF3N3O6S2/c1-15(31(38(3,33)34)19-9-12-22(37-2)21(25)14-19)23(32)29-17-7-10-20(11-8-17)39(35,36)30-18-6-4-5-16(13-18)24(26,27)28/h4-15,30H,1-3H3,(H,29,32)/t15-/m0/s1. The van der Waals surface area contributed by atoms with E-state index in [9.17, 15) is 34.8 Å². The lowest BCUT2D eigenvalue weighted by atomic mass is 10.2. The molecular formula is C24H23ClF3N3O6S2. The Morgan fingerprint density at radius 1 is 0.974 bits per heavy atom. The molecular weight excluding hydrogens is 583 g/mol. The summed E-state index contributed by atoms with van der Waals surface area (Å²) in [6.07, 6.45) is -3.73. The third-order valence-electron chi connectivity index (χ3n) is 5.35. The first-order chi connectivity index (χ1) is 18.0. The van der Waals surface area contributed by atoms with Crippen LogP contribution in [0.3, 0.4) is 0 Å². The van der Waals surface area contributed by atoms with Gasteiger partial charge < -0.3 is 10.1 Å². The monoisotopic (exact) mass is 605 g/mol. The van der Waals surface area contributed by atoms with Crippen LogP contribution in [-0.2, 0) is 31.0 Å². The molecule has 0 aliphatic carbocycles. The van der Waals surface area contributed by atoms with Crippen molar-refractivity contribution in [3.05, 3.63) is 77.3 Å². The highest BCUT2D eigenvalue weighted by Gasteiger charge is 2.31.